The topological polar surface area (TPSA) is 60.4 Å². The van der Waals surface area contributed by atoms with Crippen LogP contribution in [-0.2, 0) is 14.6 Å². The molecule has 0 aliphatic heterocycles. The van der Waals surface area contributed by atoms with Gasteiger partial charge in [0.15, 0.2) is 9.84 Å². The summed E-state index contributed by atoms with van der Waals surface area (Å²) in [4.78, 5) is 11.0. The van der Waals surface area contributed by atoms with Crippen LogP contribution in [-0.4, -0.2) is 26.6 Å². The maximum atomic E-state index is 11.7. The molecular formula is C12H16O4S. The molecule has 0 radical (unpaired) electrons. The molecule has 0 aliphatic carbocycles. The summed E-state index contributed by atoms with van der Waals surface area (Å²) in [5.74, 6) is -0.188. The summed E-state index contributed by atoms with van der Waals surface area (Å²) in [5, 5.41) is 0. The SMILES string of the molecule is CCCOc1ccc(S(=O)(=O)CC(C)=O)cc1. The zero-order valence-corrected chi connectivity index (χ0v) is 10.8. The maximum Gasteiger partial charge on any atom is 0.185 e. The van der Waals surface area contributed by atoms with Crippen molar-refractivity contribution < 1.29 is 17.9 Å². The van der Waals surface area contributed by atoms with Gasteiger partial charge in [-0.2, -0.15) is 0 Å². The summed E-state index contributed by atoms with van der Waals surface area (Å²) in [7, 11) is -3.50. The first-order valence-corrected chi connectivity index (χ1v) is 7.06. The molecule has 0 saturated carbocycles. The lowest BCUT2D eigenvalue weighted by atomic mass is 10.3. The molecule has 0 aliphatic rings. The highest BCUT2D eigenvalue weighted by molar-refractivity contribution is 7.92. The van der Waals surface area contributed by atoms with Crippen molar-refractivity contribution in [3.63, 3.8) is 0 Å². The Morgan fingerprint density at radius 2 is 1.82 bits per heavy atom. The van der Waals surface area contributed by atoms with Gasteiger partial charge in [0.05, 0.1) is 11.5 Å². The predicted octanol–water partition coefficient (Wildman–Crippen LogP) is 1.84. The van der Waals surface area contributed by atoms with E-state index in [4.69, 9.17) is 4.74 Å². The van der Waals surface area contributed by atoms with Crippen molar-refractivity contribution >= 4 is 15.6 Å². The van der Waals surface area contributed by atoms with Gasteiger partial charge in [-0.25, -0.2) is 8.42 Å². The van der Waals surface area contributed by atoms with Gasteiger partial charge < -0.3 is 4.74 Å². The Labute approximate surface area is 102 Å². The number of hydrogen-bond acceptors (Lipinski definition) is 4. The van der Waals surface area contributed by atoms with Gasteiger partial charge in [0.25, 0.3) is 0 Å². The summed E-state index contributed by atoms with van der Waals surface area (Å²) in [6.07, 6.45) is 0.893. The molecule has 0 aromatic heterocycles. The van der Waals surface area contributed by atoms with Crippen LogP contribution in [0.25, 0.3) is 0 Å². The third-order valence-electron chi connectivity index (χ3n) is 2.05. The Balaban J connectivity index is 2.83. The van der Waals surface area contributed by atoms with Crippen LogP contribution >= 0.6 is 0 Å². The van der Waals surface area contributed by atoms with Gasteiger partial charge in [-0.15, -0.1) is 0 Å². The van der Waals surface area contributed by atoms with E-state index in [0.29, 0.717) is 12.4 Å². The second-order valence-electron chi connectivity index (χ2n) is 3.78. The molecule has 0 unspecified atom stereocenters. The Hall–Kier alpha value is -1.36. The second-order valence-corrected chi connectivity index (χ2v) is 5.77. The smallest absolute Gasteiger partial charge is 0.185 e. The van der Waals surface area contributed by atoms with Gasteiger partial charge >= 0.3 is 0 Å². The van der Waals surface area contributed by atoms with Crippen molar-refractivity contribution in [1.82, 2.24) is 0 Å². The van der Waals surface area contributed by atoms with Crippen molar-refractivity contribution in [2.24, 2.45) is 0 Å². The number of carbonyl (C=O) groups is 1. The zero-order valence-electron chi connectivity index (χ0n) is 9.97. The average molecular weight is 256 g/mol. The summed E-state index contributed by atoms with van der Waals surface area (Å²) in [5.41, 5.74) is 0. The van der Waals surface area contributed by atoms with E-state index in [1.165, 1.54) is 19.1 Å². The lowest BCUT2D eigenvalue weighted by Gasteiger charge is -2.06. The summed E-state index contributed by atoms with van der Waals surface area (Å²) in [6.45, 7) is 3.85. The van der Waals surface area contributed by atoms with Crippen molar-refractivity contribution in [1.29, 1.82) is 0 Å². The summed E-state index contributed by atoms with van der Waals surface area (Å²) in [6, 6.07) is 6.12. The van der Waals surface area contributed by atoms with Crippen molar-refractivity contribution in [2.75, 3.05) is 12.4 Å². The fourth-order valence-electron chi connectivity index (χ4n) is 1.31. The minimum Gasteiger partial charge on any atom is -0.494 e. The van der Waals surface area contributed by atoms with E-state index in [-0.39, 0.29) is 10.7 Å². The van der Waals surface area contributed by atoms with E-state index in [0.717, 1.165) is 6.42 Å². The highest BCUT2D eigenvalue weighted by Gasteiger charge is 2.16. The number of rotatable bonds is 6. The van der Waals surface area contributed by atoms with Gasteiger partial charge in [0.1, 0.15) is 17.3 Å². The van der Waals surface area contributed by atoms with Crippen molar-refractivity contribution in [2.45, 2.75) is 25.2 Å². The van der Waals surface area contributed by atoms with Gasteiger partial charge in [-0.3, -0.25) is 4.79 Å². The number of ether oxygens (including phenoxy) is 1. The average Bonchev–Trinajstić information content (AvgIpc) is 2.25. The van der Waals surface area contributed by atoms with E-state index >= 15 is 0 Å². The van der Waals surface area contributed by atoms with E-state index in [2.05, 4.69) is 0 Å². The zero-order chi connectivity index (χ0) is 12.9. The second kappa shape index (κ2) is 5.82. The molecule has 94 valence electrons. The number of ketones is 1. The maximum absolute atomic E-state index is 11.7. The minimum atomic E-state index is -3.50. The molecule has 1 rings (SSSR count). The Bertz CT molecular complexity index is 474. The summed E-state index contributed by atoms with van der Waals surface area (Å²) >= 11 is 0. The molecule has 0 spiro atoms. The van der Waals surface area contributed by atoms with Gasteiger partial charge in [-0.1, -0.05) is 6.92 Å². The first-order chi connectivity index (χ1) is 7.95. The minimum absolute atomic E-state index is 0.150. The van der Waals surface area contributed by atoms with Crippen LogP contribution in [0.15, 0.2) is 29.2 Å². The summed E-state index contributed by atoms with van der Waals surface area (Å²) < 4.78 is 28.8. The lowest BCUT2D eigenvalue weighted by molar-refractivity contribution is -0.114. The fourth-order valence-corrected chi connectivity index (χ4v) is 2.57. The molecule has 5 heteroatoms. The first-order valence-electron chi connectivity index (χ1n) is 5.41. The highest BCUT2D eigenvalue weighted by Crippen LogP contribution is 2.17. The molecule has 0 saturated heterocycles. The quantitative estimate of drug-likeness (QED) is 0.779. The molecule has 0 amide bonds. The van der Waals surface area contributed by atoms with Crippen LogP contribution < -0.4 is 4.74 Å². The largest absolute Gasteiger partial charge is 0.494 e. The monoisotopic (exact) mass is 256 g/mol. The van der Waals surface area contributed by atoms with Gasteiger partial charge in [-0.05, 0) is 37.6 Å². The molecule has 1 aromatic carbocycles. The first kappa shape index (κ1) is 13.7. The third-order valence-corrected chi connectivity index (χ3v) is 3.83. The van der Waals surface area contributed by atoms with Crippen LogP contribution in [0.3, 0.4) is 0 Å². The van der Waals surface area contributed by atoms with Gasteiger partial charge in [0, 0.05) is 0 Å². The third kappa shape index (κ3) is 4.19. The molecule has 0 atom stereocenters. The molecule has 17 heavy (non-hydrogen) atoms. The Morgan fingerprint density at radius 1 is 1.24 bits per heavy atom. The Morgan fingerprint density at radius 3 is 2.29 bits per heavy atom. The number of benzene rings is 1. The molecule has 0 fully saturated rings. The van der Waals surface area contributed by atoms with Crippen LogP contribution in [0, 0.1) is 0 Å². The van der Waals surface area contributed by atoms with Crippen molar-refractivity contribution in [3.8, 4) is 5.75 Å². The number of sulfone groups is 1. The van der Waals surface area contributed by atoms with Crippen LogP contribution in [0.5, 0.6) is 5.75 Å². The normalized spacial score (nSPS) is 11.2. The standard InChI is InChI=1S/C12H16O4S/c1-3-8-16-11-4-6-12(7-5-11)17(14,15)9-10(2)13/h4-7H,3,8-9H2,1-2H3. The molecule has 4 nitrogen and oxygen atoms in total. The van der Waals surface area contributed by atoms with E-state index < -0.39 is 15.6 Å². The molecule has 0 heterocycles. The van der Waals surface area contributed by atoms with Crippen LogP contribution in [0.4, 0.5) is 0 Å². The van der Waals surface area contributed by atoms with E-state index in [1.54, 1.807) is 12.1 Å². The highest BCUT2D eigenvalue weighted by atomic mass is 32.2. The van der Waals surface area contributed by atoms with Crippen LogP contribution in [0.2, 0.25) is 0 Å². The molecule has 0 bridgehead atoms. The fraction of sp³-hybridized carbons (Fsp3) is 0.417. The Kier molecular flexibility index (Phi) is 4.69. The molecular weight excluding hydrogens is 240 g/mol. The molecule has 1 aromatic rings. The van der Waals surface area contributed by atoms with Gasteiger partial charge in [0.2, 0.25) is 0 Å². The van der Waals surface area contributed by atoms with E-state index in [1.807, 2.05) is 6.92 Å². The number of hydrogen-bond donors (Lipinski definition) is 0. The van der Waals surface area contributed by atoms with Crippen LogP contribution in [0.1, 0.15) is 20.3 Å². The number of Topliss-reactive ketones (excluding diaryl/α,β-unsaturated/α-hetero) is 1. The number of carbonyl (C=O) groups excluding carboxylic acids is 1. The van der Waals surface area contributed by atoms with Crippen molar-refractivity contribution in [3.05, 3.63) is 24.3 Å². The lowest BCUT2D eigenvalue weighted by Crippen LogP contribution is -2.13. The molecule has 0 N–H and O–H groups in total. The predicted molar refractivity (Wildman–Crippen MR) is 65.0 cm³/mol. The van der Waals surface area contributed by atoms with E-state index in [9.17, 15) is 13.2 Å².